The number of fused-ring (bicyclic) bond motifs is 2. The minimum absolute atomic E-state index is 0.0564. The molecule has 2 amide bonds. The molecule has 196 valence electrons. The van der Waals surface area contributed by atoms with Gasteiger partial charge in [-0.2, -0.15) is 0 Å². The van der Waals surface area contributed by atoms with Crippen LogP contribution in [-0.2, 0) is 16.1 Å². The maximum absolute atomic E-state index is 15.2. The number of para-hydroxylation sites is 1. The van der Waals surface area contributed by atoms with Crippen molar-refractivity contribution in [1.82, 2.24) is 20.3 Å². The number of rotatable bonds is 6. The second-order valence-electron chi connectivity index (χ2n) is 9.99. The lowest BCUT2D eigenvalue weighted by Crippen LogP contribution is -2.50. The third kappa shape index (κ3) is 5.15. The molecule has 9 nitrogen and oxygen atoms in total. The minimum atomic E-state index is -1.32. The van der Waals surface area contributed by atoms with Gasteiger partial charge in [-0.05, 0) is 51.1 Å². The van der Waals surface area contributed by atoms with Crippen LogP contribution in [0.5, 0.6) is 11.5 Å². The number of halogens is 1. The molecule has 5 rings (SSSR count). The third-order valence-corrected chi connectivity index (χ3v) is 5.98. The Balaban J connectivity index is 1.64. The number of benzene rings is 3. The Labute approximate surface area is 219 Å². The van der Waals surface area contributed by atoms with Crippen molar-refractivity contribution in [2.24, 2.45) is 0 Å². The lowest BCUT2D eigenvalue weighted by atomic mass is 10.00. The molecule has 1 atom stereocenters. The summed E-state index contributed by atoms with van der Waals surface area (Å²) >= 11 is 0. The highest BCUT2D eigenvalue weighted by Crippen LogP contribution is 2.38. The average Bonchev–Trinajstić information content (AvgIpc) is 3.29. The van der Waals surface area contributed by atoms with Gasteiger partial charge in [-0.1, -0.05) is 35.5 Å². The quantitative estimate of drug-likeness (QED) is 0.415. The van der Waals surface area contributed by atoms with Crippen LogP contribution in [0, 0.1) is 5.82 Å². The zero-order chi connectivity index (χ0) is 26.9. The van der Waals surface area contributed by atoms with E-state index < -0.39 is 29.2 Å². The van der Waals surface area contributed by atoms with Crippen LogP contribution in [0.2, 0.25) is 0 Å². The van der Waals surface area contributed by atoms with Crippen LogP contribution in [0.1, 0.15) is 32.4 Å². The Morgan fingerprint density at radius 1 is 1.03 bits per heavy atom. The molecule has 1 aromatic heterocycles. The minimum Gasteiger partial charge on any atom is -0.486 e. The summed E-state index contributed by atoms with van der Waals surface area (Å²) in [5, 5.41) is 11.2. The van der Waals surface area contributed by atoms with Crippen LogP contribution in [0.3, 0.4) is 0 Å². The van der Waals surface area contributed by atoms with E-state index in [1.165, 1.54) is 27.8 Å². The Bertz CT molecular complexity index is 1500. The van der Waals surface area contributed by atoms with Crippen LogP contribution in [0.25, 0.3) is 11.0 Å². The van der Waals surface area contributed by atoms with Crippen molar-refractivity contribution >= 4 is 28.5 Å². The van der Waals surface area contributed by atoms with Gasteiger partial charge < -0.3 is 14.8 Å². The molecule has 0 saturated heterocycles. The van der Waals surface area contributed by atoms with Gasteiger partial charge in [-0.25, -0.2) is 9.07 Å². The topological polar surface area (TPSA) is 98.6 Å². The van der Waals surface area contributed by atoms with Crippen LogP contribution in [0.15, 0.2) is 66.7 Å². The molecule has 0 radical (unpaired) electrons. The van der Waals surface area contributed by atoms with Gasteiger partial charge in [0.15, 0.2) is 11.5 Å². The van der Waals surface area contributed by atoms with Crippen molar-refractivity contribution in [3.8, 4) is 11.5 Å². The van der Waals surface area contributed by atoms with Crippen LogP contribution in [-0.4, -0.2) is 45.6 Å². The molecular weight excluding hydrogens is 489 g/mol. The van der Waals surface area contributed by atoms with E-state index in [1.807, 2.05) is 32.9 Å². The molecule has 0 saturated carbocycles. The van der Waals surface area contributed by atoms with Crippen molar-refractivity contribution in [2.45, 2.75) is 38.9 Å². The fraction of sp³-hybridized carbons (Fsp3) is 0.286. The maximum Gasteiger partial charge on any atom is 0.249 e. The van der Waals surface area contributed by atoms with Crippen molar-refractivity contribution in [2.75, 3.05) is 18.1 Å². The van der Waals surface area contributed by atoms with Gasteiger partial charge in [0.05, 0.1) is 5.52 Å². The number of ether oxygens (including phenoxy) is 2. The third-order valence-electron chi connectivity index (χ3n) is 5.98. The molecule has 0 spiro atoms. The van der Waals surface area contributed by atoms with Gasteiger partial charge in [0.1, 0.15) is 37.1 Å². The number of carbonyl (C=O) groups excluding carboxylic acids is 2. The number of nitrogens with one attached hydrogen (secondary N) is 1. The van der Waals surface area contributed by atoms with E-state index in [0.29, 0.717) is 41.4 Å². The predicted molar refractivity (Wildman–Crippen MR) is 139 cm³/mol. The number of amides is 2. The number of aromatic nitrogens is 3. The number of hydrogen-bond donors (Lipinski definition) is 1. The highest BCUT2D eigenvalue weighted by atomic mass is 19.1. The largest absolute Gasteiger partial charge is 0.486 e. The van der Waals surface area contributed by atoms with Gasteiger partial charge >= 0.3 is 0 Å². The summed E-state index contributed by atoms with van der Waals surface area (Å²) in [5.41, 5.74) is 1.05. The summed E-state index contributed by atoms with van der Waals surface area (Å²) in [4.78, 5) is 29.1. The Morgan fingerprint density at radius 3 is 2.50 bits per heavy atom. The number of nitrogens with zero attached hydrogens (tertiary/aromatic N) is 4. The molecule has 0 fully saturated rings. The normalized spacial score (nSPS) is 13.7. The van der Waals surface area contributed by atoms with E-state index in [0.717, 1.165) is 0 Å². The highest BCUT2D eigenvalue weighted by Gasteiger charge is 2.37. The molecule has 38 heavy (non-hydrogen) atoms. The molecule has 1 aliphatic rings. The zero-order valence-corrected chi connectivity index (χ0v) is 21.3. The summed E-state index contributed by atoms with van der Waals surface area (Å²) in [6.07, 6.45) is 0. The van der Waals surface area contributed by atoms with Crippen molar-refractivity contribution in [3.63, 3.8) is 0 Å². The molecule has 2 heterocycles. The average molecular weight is 518 g/mol. The fourth-order valence-electron chi connectivity index (χ4n) is 4.39. The van der Waals surface area contributed by atoms with E-state index in [1.54, 1.807) is 36.4 Å². The Morgan fingerprint density at radius 2 is 1.74 bits per heavy atom. The van der Waals surface area contributed by atoms with Gasteiger partial charge in [0, 0.05) is 22.9 Å². The Hall–Kier alpha value is -4.47. The standard InChI is InChI=1S/C28H28FN5O4/c1-28(2,3)30-27(36)26(19-8-4-5-9-20(19)29)34(18-12-13-23-24(16-18)38-15-14-37-23)25(35)17-33-22-11-7-6-10-21(22)31-32-33/h4-13,16,26H,14-15,17H2,1-3H3,(H,30,36)/t26-/m1/s1. The molecule has 4 aromatic rings. The molecule has 10 heteroatoms. The first kappa shape index (κ1) is 25.2. The molecule has 0 unspecified atom stereocenters. The van der Waals surface area contributed by atoms with Gasteiger partial charge in [0.25, 0.3) is 0 Å². The van der Waals surface area contributed by atoms with Crippen LogP contribution in [0.4, 0.5) is 10.1 Å². The number of carbonyl (C=O) groups is 2. The van der Waals surface area contributed by atoms with Crippen molar-refractivity contribution in [3.05, 3.63) is 78.1 Å². The van der Waals surface area contributed by atoms with Gasteiger partial charge in [0.2, 0.25) is 11.8 Å². The summed E-state index contributed by atoms with van der Waals surface area (Å²) in [5.74, 6) is -0.676. The molecule has 3 aromatic carbocycles. The molecule has 1 N–H and O–H groups in total. The summed E-state index contributed by atoms with van der Waals surface area (Å²) in [6.45, 7) is 5.97. The first-order valence-corrected chi connectivity index (χ1v) is 12.3. The monoisotopic (exact) mass is 517 g/mol. The molecule has 0 bridgehead atoms. The molecule has 0 aliphatic carbocycles. The van der Waals surface area contributed by atoms with Crippen molar-refractivity contribution < 1.29 is 23.5 Å². The SMILES string of the molecule is CC(C)(C)NC(=O)[C@@H](c1ccccc1F)N(C(=O)Cn1nnc2ccccc21)c1ccc2c(c1)OCCO2. The predicted octanol–water partition coefficient (Wildman–Crippen LogP) is 4.03. The highest BCUT2D eigenvalue weighted by molar-refractivity contribution is 6.02. The summed E-state index contributed by atoms with van der Waals surface area (Å²) in [6, 6.07) is 16.8. The maximum atomic E-state index is 15.2. The summed E-state index contributed by atoms with van der Waals surface area (Å²) < 4.78 is 28.1. The second kappa shape index (κ2) is 10.1. The number of hydrogen-bond acceptors (Lipinski definition) is 6. The number of anilines is 1. The van der Waals surface area contributed by atoms with Crippen LogP contribution < -0.4 is 19.7 Å². The van der Waals surface area contributed by atoms with E-state index >= 15 is 4.39 Å². The lowest BCUT2D eigenvalue weighted by molar-refractivity contribution is -0.128. The fourth-order valence-corrected chi connectivity index (χ4v) is 4.39. The van der Waals surface area contributed by atoms with Gasteiger partial charge in [-0.15, -0.1) is 5.10 Å². The smallest absolute Gasteiger partial charge is 0.249 e. The van der Waals surface area contributed by atoms with E-state index in [4.69, 9.17) is 9.47 Å². The molecular formula is C28H28FN5O4. The van der Waals surface area contributed by atoms with E-state index in [-0.39, 0.29) is 12.1 Å². The lowest BCUT2D eigenvalue weighted by Gasteiger charge is -2.34. The zero-order valence-electron chi connectivity index (χ0n) is 21.3. The summed E-state index contributed by atoms with van der Waals surface area (Å²) in [7, 11) is 0. The first-order chi connectivity index (χ1) is 18.2. The van der Waals surface area contributed by atoms with Crippen LogP contribution >= 0.6 is 0 Å². The Kier molecular flexibility index (Phi) is 6.71. The van der Waals surface area contributed by atoms with E-state index in [9.17, 15) is 9.59 Å². The molecule has 1 aliphatic heterocycles. The van der Waals surface area contributed by atoms with E-state index in [2.05, 4.69) is 15.6 Å². The first-order valence-electron chi connectivity index (χ1n) is 12.3. The second-order valence-corrected chi connectivity index (χ2v) is 9.99. The van der Waals surface area contributed by atoms with Gasteiger partial charge in [-0.3, -0.25) is 14.5 Å². The van der Waals surface area contributed by atoms with Crippen molar-refractivity contribution in [1.29, 1.82) is 0 Å².